The van der Waals surface area contributed by atoms with Crippen LogP contribution < -0.4 is 0 Å². The number of amides is 1. The Morgan fingerprint density at radius 1 is 1.24 bits per heavy atom. The molecule has 2 aromatic heterocycles. The van der Waals surface area contributed by atoms with Gasteiger partial charge in [-0.25, -0.2) is 18.7 Å². The summed E-state index contributed by atoms with van der Waals surface area (Å²) in [6, 6.07) is 6.99. The highest BCUT2D eigenvalue weighted by molar-refractivity contribution is 5.94. The molecule has 25 heavy (non-hydrogen) atoms. The highest BCUT2D eigenvalue weighted by atomic mass is 19.2. The van der Waals surface area contributed by atoms with E-state index in [0.29, 0.717) is 13.1 Å². The van der Waals surface area contributed by atoms with E-state index >= 15 is 0 Å². The molecule has 1 amide bonds. The zero-order valence-electron chi connectivity index (χ0n) is 13.6. The van der Waals surface area contributed by atoms with Crippen LogP contribution in [-0.2, 0) is 7.05 Å². The van der Waals surface area contributed by atoms with Gasteiger partial charge in [0.1, 0.15) is 11.3 Å². The molecule has 3 heterocycles. The van der Waals surface area contributed by atoms with Gasteiger partial charge in [-0.15, -0.1) is 0 Å². The number of pyridine rings is 1. The van der Waals surface area contributed by atoms with Crippen molar-refractivity contribution in [3.63, 3.8) is 0 Å². The minimum absolute atomic E-state index is 0.0912. The molecule has 5 nitrogen and oxygen atoms in total. The number of hydrogen-bond donors (Lipinski definition) is 0. The smallest absolute Gasteiger partial charge is 0.253 e. The summed E-state index contributed by atoms with van der Waals surface area (Å²) in [5.41, 5.74) is 1.79. The van der Waals surface area contributed by atoms with Crippen LogP contribution >= 0.6 is 0 Å². The lowest BCUT2D eigenvalue weighted by atomic mass is 10.1. The molecule has 1 fully saturated rings. The summed E-state index contributed by atoms with van der Waals surface area (Å²) >= 11 is 0. The van der Waals surface area contributed by atoms with Crippen LogP contribution in [0.15, 0.2) is 36.5 Å². The van der Waals surface area contributed by atoms with E-state index in [4.69, 9.17) is 0 Å². The van der Waals surface area contributed by atoms with E-state index in [0.717, 1.165) is 35.5 Å². The maximum Gasteiger partial charge on any atom is 0.253 e. The Morgan fingerprint density at radius 2 is 2.08 bits per heavy atom. The molecule has 0 spiro atoms. The van der Waals surface area contributed by atoms with E-state index in [2.05, 4.69) is 9.97 Å². The number of halogens is 2. The standard InChI is InChI=1S/C18H16F2N4O/c1-23-16(22-15-3-2-7-21-17(15)23)12-6-8-24(10-12)18(25)11-4-5-13(19)14(20)9-11/h2-5,7,9,12H,6,8,10H2,1H3/t12-/m0/s1. The van der Waals surface area contributed by atoms with E-state index in [1.807, 2.05) is 23.7 Å². The van der Waals surface area contributed by atoms with Crippen molar-refractivity contribution in [2.75, 3.05) is 13.1 Å². The first kappa shape index (κ1) is 15.7. The number of likely N-dealkylation sites (tertiary alicyclic amines) is 1. The maximum atomic E-state index is 13.4. The normalized spacial score (nSPS) is 17.4. The van der Waals surface area contributed by atoms with Gasteiger partial charge in [0.15, 0.2) is 17.3 Å². The maximum absolute atomic E-state index is 13.4. The van der Waals surface area contributed by atoms with Gasteiger partial charge < -0.3 is 9.47 Å². The second kappa shape index (κ2) is 5.91. The number of imidazole rings is 1. The number of aryl methyl sites for hydroxylation is 1. The van der Waals surface area contributed by atoms with Gasteiger partial charge in [0.2, 0.25) is 0 Å². The van der Waals surface area contributed by atoms with E-state index in [-0.39, 0.29) is 17.4 Å². The molecule has 0 bridgehead atoms. The number of hydrogen-bond acceptors (Lipinski definition) is 3. The zero-order valence-corrected chi connectivity index (χ0v) is 13.6. The lowest BCUT2D eigenvalue weighted by Crippen LogP contribution is -2.28. The molecule has 7 heteroatoms. The molecule has 1 atom stereocenters. The molecule has 0 saturated carbocycles. The van der Waals surface area contributed by atoms with Gasteiger partial charge in [-0.2, -0.15) is 0 Å². The summed E-state index contributed by atoms with van der Waals surface area (Å²) in [5, 5.41) is 0. The van der Waals surface area contributed by atoms with Crippen molar-refractivity contribution >= 4 is 17.1 Å². The highest BCUT2D eigenvalue weighted by Gasteiger charge is 2.31. The summed E-state index contributed by atoms with van der Waals surface area (Å²) < 4.78 is 28.4. The predicted octanol–water partition coefficient (Wildman–Crippen LogP) is 2.88. The molecule has 128 valence electrons. The Labute approximate surface area is 142 Å². The van der Waals surface area contributed by atoms with Crippen LogP contribution in [0.25, 0.3) is 11.2 Å². The van der Waals surface area contributed by atoms with Crippen molar-refractivity contribution < 1.29 is 13.6 Å². The third-order valence-corrected chi connectivity index (χ3v) is 4.67. The number of rotatable bonds is 2. The summed E-state index contributed by atoms with van der Waals surface area (Å²) in [6.07, 6.45) is 2.49. The summed E-state index contributed by atoms with van der Waals surface area (Å²) in [4.78, 5) is 23.2. The van der Waals surface area contributed by atoms with Gasteiger partial charge in [-0.3, -0.25) is 4.79 Å². The van der Waals surface area contributed by atoms with Gasteiger partial charge in [0.05, 0.1) is 0 Å². The molecule has 1 aliphatic heterocycles. The number of benzene rings is 1. The third-order valence-electron chi connectivity index (χ3n) is 4.67. The highest BCUT2D eigenvalue weighted by Crippen LogP contribution is 2.29. The fraction of sp³-hybridized carbons (Fsp3) is 0.278. The molecule has 4 rings (SSSR count). The van der Waals surface area contributed by atoms with E-state index in [1.165, 1.54) is 6.07 Å². The molecule has 0 aliphatic carbocycles. The van der Waals surface area contributed by atoms with Crippen molar-refractivity contribution in [2.24, 2.45) is 7.05 Å². The van der Waals surface area contributed by atoms with Crippen LogP contribution in [0.5, 0.6) is 0 Å². The predicted molar refractivity (Wildman–Crippen MR) is 88.1 cm³/mol. The first-order chi connectivity index (χ1) is 12.0. The molecule has 1 aromatic carbocycles. The van der Waals surface area contributed by atoms with Gasteiger partial charge >= 0.3 is 0 Å². The zero-order chi connectivity index (χ0) is 17.6. The fourth-order valence-electron chi connectivity index (χ4n) is 3.37. The quantitative estimate of drug-likeness (QED) is 0.720. The number of carbonyl (C=O) groups excluding carboxylic acids is 1. The average molecular weight is 342 g/mol. The largest absolute Gasteiger partial charge is 0.338 e. The van der Waals surface area contributed by atoms with Gasteiger partial charge in [0, 0.05) is 37.8 Å². The number of nitrogens with zero attached hydrogens (tertiary/aromatic N) is 4. The van der Waals surface area contributed by atoms with Crippen molar-refractivity contribution in [2.45, 2.75) is 12.3 Å². The summed E-state index contributed by atoms with van der Waals surface area (Å²) in [7, 11) is 1.91. The van der Waals surface area contributed by atoms with E-state index in [9.17, 15) is 13.6 Å². The lowest BCUT2D eigenvalue weighted by Gasteiger charge is -2.16. The monoisotopic (exact) mass is 342 g/mol. The molecule has 0 unspecified atom stereocenters. The summed E-state index contributed by atoms with van der Waals surface area (Å²) in [6.45, 7) is 1.05. The summed E-state index contributed by atoms with van der Waals surface area (Å²) in [5.74, 6) is -1.29. The van der Waals surface area contributed by atoms with Crippen molar-refractivity contribution in [1.82, 2.24) is 19.4 Å². The van der Waals surface area contributed by atoms with Crippen LogP contribution in [0.2, 0.25) is 0 Å². The van der Waals surface area contributed by atoms with Crippen LogP contribution in [0.4, 0.5) is 8.78 Å². The number of aromatic nitrogens is 3. The van der Waals surface area contributed by atoms with Crippen LogP contribution in [0.1, 0.15) is 28.5 Å². The van der Waals surface area contributed by atoms with Crippen LogP contribution in [0.3, 0.4) is 0 Å². The Morgan fingerprint density at radius 3 is 2.84 bits per heavy atom. The van der Waals surface area contributed by atoms with Gasteiger partial charge in [-0.05, 0) is 36.8 Å². The Bertz CT molecular complexity index is 969. The minimum Gasteiger partial charge on any atom is -0.338 e. The van der Waals surface area contributed by atoms with Crippen LogP contribution in [-0.4, -0.2) is 38.4 Å². The average Bonchev–Trinajstić information content (AvgIpc) is 3.22. The fourth-order valence-corrected chi connectivity index (χ4v) is 3.37. The molecule has 3 aromatic rings. The van der Waals surface area contributed by atoms with Crippen molar-refractivity contribution in [3.05, 3.63) is 59.6 Å². The Balaban J connectivity index is 1.57. The van der Waals surface area contributed by atoms with Gasteiger partial charge in [-0.1, -0.05) is 0 Å². The second-order valence-electron chi connectivity index (χ2n) is 6.24. The second-order valence-corrected chi connectivity index (χ2v) is 6.24. The van der Waals surface area contributed by atoms with Crippen molar-refractivity contribution in [3.8, 4) is 0 Å². The molecular weight excluding hydrogens is 326 g/mol. The molecule has 0 radical (unpaired) electrons. The topological polar surface area (TPSA) is 51.0 Å². The van der Waals surface area contributed by atoms with Crippen LogP contribution in [0, 0.1) is 11.6 Å². The number of fused-ring (bicyclic) bond motifs is 1. The Kier molecular flexibility index (Phi) is 3.71. The first-order valence-corrected chi connectivity index (χ1v) is 8.06. The van der Waals surface area contributed by atoms with E-state index < -0.39 is 11.6 Å². The Hall–Kier alpha value is -2.83. The lowest BCUT2D eigenvalue weighted by molar-refractivity contribution is 0.0790. The minimum atomic E-state index is -1.01. The number of carbonyl (C=O) groups is 1. The van der Waals surface area contributed by atoms with Crippen molar-refractivity contribution in [1.29, 1.82) is 0 Å². The first-order valence-electron chi connectivity index (χ1n) is 8.06. The molecular formula is C18H16F2N4O. The SMILES string of the molecule is Cn1c([C@H]2CCN(C(=O)c3ccc(F)c(F)c3)C2)nc2cccnc21. The molecule has 0 N–H and O–H groups in total. The van der Waals surface area contributed by atoms with Gasteiger partial charge in [0.25, 0.3) is 5.91 Å². The molecule has 1 aliphatic rings. The molecule has 1 saturated heterocycles. The third kappa shape index (κ3) is 2.65. The van der Waals surface area contributed by atoms with E-state index in [1.54, 1.807) is 11.1 Å².